The molecule has 8 nitrogen and oxygen atoms in total. The second-order valence-electron chi connectivity index (χ2n) is 8.62. The van der Waals surface area contributed by atoms with E-state index in [1.807, 2.05) is 41.0 Å². The first kappa shape index (κ1) is 23.3. The Morgan fingerprint density at radius 2 is 1.82 bits per heavy atom. The number of amides is 2. The van der Waals surface area contributed by atoms with Crippen LogP contribution in [0.5, 0.6) is 0 Å². The second-order valence-corrected chi connectivity index (χ2v) is 8.62. The Balaban J connectivity index is 1.45. The largest absolute Gasteiger partial charge is 0.465 e. The van der Waals surface area contributed by atoms with Gasteiger partial charge in [0.25, 0.3) is 5.91 Å². The number of benzene rings is 2. The molecule has 3 N–H and O–H groups in total. The molecule has 176 valence electrons. The first-order valence-electron chi connectivity index (χ1n) is 11.6. The standard InChI is InChI=1S/C26H29N5O3/c27-18-20-6-7-21-17-24(31(23(21)16-20)14-8-19-4-2-1-3-5-19)25(32)29-22-9-12-30(13-10-22)15-11-28-26(33)34/h1-7,16-17,22,28H,8-15H2,(H,29,32)(H,33,34). The van der Waals surface area contributed by atoms with E-state index in [0.717, 1.165) is 43.3 Å². The number of nitrogens with one attached hydrogen (secondary N) is 2. The van der Waals surface area contributed by atoms with Crippen LogP contribution >= 0.6 is 0 Å². The van der Waals surface area contributed by atoms with E-state index < -0.39 is 6.09 Å². The summed E-state index contributed by atoms with van der Waals surface area (Å²) < 4.78 is 2.02. The van der Waals surface area contributed by atoms with Crippen LogP contribution in [0.15, 0.2) is 54.6 Å². The maximum Gasteiger partial charge on any atom is 0.404 e. The smallest absolute Gasteiger partial charge is 0.404 e. The van der Waals surface area contributed by atoms with Crippen molar-refractivity contribution in [1.82, 2.24) is 20.1 Å². The van der Waals surface area contributed by atoms with Gasteiger partial charge in [-0.3, -0.25) is 4.79 Å². The van der Waals surface area contributed by atoms with Crippen LogP contribution in [0.1, 0.15) is 34.5 Å². The first-order chi connectivity index (χ1) is 16.5. The highest BCUT2D eigenvalue weighted by atomic mass is 16.4. The topological polar surface area (TPSA) is 110 Å². The van der Waals surface area contributed by atoms with Crippen molar-refractivity contribution in [2.75, 3.05) is 26.2 Å². The van der Waals surface area contributed by atoms with Gasteiger partial charge in [-0.1, -0.05) is 36.4 Å². The molecule has 1 fully saturated rings. The zero-order valence-corrected chi connectivity index (χ0v) is 19.0. The molecule has 2 aromatic carbocycles. The Kier molecular flexibility index (Phi) is 7.45. The number of carboxylic acid groups (broad SMARTS) is 1. The molecule has 1 aromatic heterocycles. The average molecular weight is 460 g/mol. The predicted molar refractivity (Wildman–Crippen MR) is 130 cm³/mol. The van der Waals surface area contributed by atoms with Gasteiger partial charge in [-0.05, 0) is 43.0 Å². The lowest BCUT2D eigenvalue weighted by Gasteiger charge is -2.32. The summed E-state index contributed by atoms with van der Waals surface area (Å²) in [4.78, 5) is 26.1. The Morgan fingerprint density at radius 3 is 2.53 bits per heavy atom. The minimum Gasteiger partial charge on any atom is -0.465 e. The van der Waals surface area contributed by atoms with Gasteiger partial charge in [0.15, 0.2) is 0 Å². The number of aromatic nitrogens is 1. The van der Waals surface area contributed by atoms with Crippen molar-refractivity contribution in [2.45, 2.75) is 31.8 Å². The summed E-state index contributed by atoms with van der Waals surface area (Å²) in [5.74, 6) is -0.103. The van der Waals surface area contributed by atoms with E-state index in [4.69, 9.17) is 5.11 Å². The van der Waals surface area contributed by atoms with E-state index in [9.17, 15) is 14.9 Å². The lowest BCUT2D eigenvalue weighted by Crippen LogP contribution is -2.46. The SMILES string of the molecule is N#Cc1ccc2cc(C(=O)NC3CCN(CCNC(=O)O)CC3)n(CCc3ccccc3)c2c1. The number of nitrogens with zero attached hydrogens (tertiary/aromatic N) is 3. The third kappa shape index (κ3) is 5.74. The van der Waals surface area contributed by atoms with Crippen molar-refractivity contribution in [3.8, 4) is 6.07 Å². The molecule has 3 aromatic rings. The molecule has 34 heavy (non-hydrogen) atoms. The number of piperidine rings is 1. The van der Waals surface area contributed by atoms with Crippen LogP contribution in [-0.2, 0) is 13.0 Å². The molecule has 0 aliphatic carbocycles. The fourth-order valence-corrected chi connectivity index (χ4v) is 4.52. The summed E-state index contributed by atoms with van der Waals surface area (Å²) in [6, 6.07) is 19.9. The molecule has 4 rings (SSSR count). The summed E-state index contributed by atoms with van der Waals surface area (Å²) in [6.07, 6.45) is 1.42. The summed E-state index contributed by atoms with van der Waals surface area (Å²) in [7, 11) is 0. The highest BCUT2D eigenvalue weighted by molar-refractivity contribution is 5.99. The number of hydrogen-bond acceptors (Lipinski definition) is 4. The maximum absolute atomic E-state index is 13.3. The number of aryl methyl sites for hydroxylation is 2. The molecular formula is C26H29N5O3. The van der Waals surface area contributed by atoms with Gasteiger partial charge >= 0.3 is 6.09 Å². The number of hydrogen-bond donors (Lipinski definition) is 3. The van der Waals surface area contributed by atoms with Gasteiger partial charge < -0.3 is 25.2 Å². The molecule has 2 heterocycles. The molecule has 0 saturated carbocycles. The van der Waals surface area contributed by atoms with E-state index in [2.05, 4.69) is 33.7 Å². The Bertz CT molecular complexity index is 1190. The molecule has 1 aliphatic heterocycles. The first-order valence-corrected chi connectivity index (χ1v) is 11.6. The predicted octanol–water partition coefficient (Wildman–Crippen LogP) is 3.22. The molecule has 0 bridgehead atoms. The highest BCUT2D eigenvalue weighted by Gasteiger charge is 2.23. The highest BCUT2D eigenvalue weighted by Crippen LogP contribution is 2.23. The third-order valence-electron chi connectivity index (χ3n) is 6.36. The van der Waals surface area contributed by atoms with Gasteiger partial charge in [0.05, 0.1) is 11.6 Å². The molecule has 8 heteroatoms. The van der Waals surface area contributed by atoms with Crippen LogP contribution in [0.25, 0.3) is 10.9 Å². The molecule has 0 spiro atoms. The maximum atomic E-state index is 13.3. The molecule has 0 unspecified atom stereocenters. The fraction of sp³-hybridized carbons (Fsp3) is 0.346. The van der Waals surface area contributed by atoms with Crippen molar-refractivity contribution < 1.29 is 14.7 Å². The van der Waals surface area contributed by atoms with E-state index in [1.165, 1.54) is 5.56 Å². The monoisotopic (exact) mass is 459 g/mol. The summed E-state index contributed by atoms with van der Waals surface area (Å²) in [5, 5.41) is 24.6. The number of rotatable bonds is 8. The van der Waals surface area contributed by atoms with Gasteiger partial charge in [0.2, 0.25) is 0 Å². The van der Waals surface area contributed by atoms with E-state index in [1.54, 1.807) is 6.07 Å². The molecular weight excluding hydrogens is 430 g/mol. The van der Waals surface area contributed by atoms with Crippen molar-refractivity contribution in [1.29, 1.82) is 5.26 Å². The number of fused-ring (bicyclic) bond motifs is 1. The van der Waals surface area contributed by atoms with Crippen molar-refractivity contribution in [3.05, 3.63) is 71.4 Å². The van der Waals surface area contributed by atoms with Crippen LogP contribution < -0.4 is 10.6 Å². The van der Waals surface area contributed by atoms with Crippen LogP contribution in [-0.4, -0.2) is 58.8 Å². The van der Waals surface area contributed by atoms with Crippen LogP contribution in [0, 0.1) is 11.3 Å². The number of carbonyl (C=O) groups is 2. The van der Waals surface area contributed by atoms with E-state index in [0.29, 0.717) is 30.9 Å². The molecule has 1 saturated heterocycles. The third-order valence-corrected chi connectivity index (χ3v) is 6.36. The van der Waals surface area contributed by atoms with Crippen LogP contribution in [0.4, 0.5) is 4.79 Å². The number of likely N-dealkylation sites (tertiary alicyclic amines) is 1. The second kappa shape index (κ2) is 10.9. The van der Waals surface area contributed by atoms with Gasteiger partial charge in [-0.25, -0.2) is 4.79 Å². The van der Waals surface area contributed by atoms with E-state index in [-0.39, 0.29) is 11.9 Å². The van der Waals surface area contributed by atoms with Crippen LogP contribution in [0.2, 0.25) is 0 Å². The Labute approximate surface area is 198 Å². The Morgan fingerprint density at radius 1 is 1.06 bits per heavy atom. The number of nitriles is 1. The minimum atomic E-state index is -1.01. The lowest BCUT2D eigenvalue weighted by molar-refractivity contribution is 0.0901. The minimum absolute atomic E-state index is 0.0754. The average Bonchev–Trinajstić information content (AvgIpc) is 3.22. The molecule has 2 amide bonds. The lowest BCUT2D eigenvalue weighted by atomic mass is 10.0. The van der Waals surface area contributed by atoms with Gasteiger partial charge in [-0.15, -0.1) is 0 Å². The van der Waals surface area contributed by atoms with Gasteiger partial charge in [-0.2, -0.15) is 5.26 Å². The Hall–Kier alpha value is -3.83. The van der Waals surface area contributed by atoms with Gasteiger partial charge in [0.1, 0.15) is 5.69 Å². The van der Waals surface area contributed by atoms with Crippen LogP contribution in [0.3, 0.4) is 0 Å². The number of carbonyl (C=O) groups excluding carboxylic acids is 1. The van der Waals surface area contributed by atoms with Crippen molar-refractivity contribution in [3.63, 3.8) is 0 Å². The van der Waals surface area contributed by atoms with Crippen molar-refractivity contribution >= 4 is 22.9 Å². The zero-order valence-electron chi connectivity index (χ0n) is 19.0. The van der Waals surface area contributed by atoms with E-state index >= 15 is 0 Å². The quantitative estimate of drug-likeness (QED) is 0.479. The zero-order chi connectivity index (χ0) is 23.9. The normalized spacial score (nSPS) is 14.6. The summed E-state index contributed by atoms with van der Waals surface area (Å²) >= 11 is 0. The molecule has 1 aliphatic rings. The summed E-state index contributed by atoms with van der Waals surface area (Å²) in [5.41, 5.74) is 3.26. The fourth-order valence-electron chi connectivity index (χ4n) is 4.52. The van der Waals surface area contributed by atoms with Gasteiger partial charge in [0, 0.05) is 49.7 Å². The summed E-state index contributed by atoms with van der Waals surface area (Å²) in [6.45, 7) is 3.34. The molecule has 0 radical (unpaired) electrons. The van der Waals surface area contributed by atoms with Crippen molar-refractivity contribution in [2.24, 2.45) is 0 Å². The molecule has 0 atom stereocenters.